The molecule has 0 bridgehead atoms. The largest absolute Gasteiger partial charge is 0.261 e. The number of rotatable bonds is 3. The SMILES string of the molecule is CCc1ccc(Cc2cc(Cl)nc(C)n2)nc1. The van der Waals surface area contributed by atoms with Crippen LogP contribution >= 0.6 is 11.6 Å². The van der Waals surface area contributed by atoms with Crippen molar-refractivity contribution in [3.8, 4) is 0 Å². The van der Waals surface area contributed by atoms with Gasteiger partial charge < -0.3 is 0 Å². The molecule has 0 saturated carbocycles. The van der Waals surface area contributed by atoms with Gasteiger partial charge in [-0.05, 0) is 31.0 Å². The maximum absolute atomic E-state index is 5.89. The molecule has 0 N–H and O–H groups in total. The first-order chi connectivity index (χ1) is 8.17. The first-order valence-corrected chi connectivity index (χ1v) is 5.99. The zero-order valence-electron chi connectivity index (χ0n) is 9.94. The molecule has 4 heteroatoms. The Kier molecular flexibility index (Phi) is 3.69. The fraction of sp³-hybridized carbons (Fsp3) is 0.308. The van der Waals surface area contributed by atoms with Gasteiger partial charge in [0.1, 0.15) is 11.0 Å². The minimum absolute atomic E-state index is 0.484. The van der Waals surface area contributed by atoms with Crippen LogP contribution in [0.2, 0.25) is 5.15 Å². The number of pyridine rings is 1. The molecule has 0 aromatic carbocycles. The number of nitrogens with zero attached hydrogens (tertiary/aromatic N) is 3. The molecule has 0 aliphatic carbocycles. The second kappa shape index (κ2) is 5.23. The van der Waals surface area contributed by atoms with Crippen molar-refractivity contribution in [2.45, 2.75) is 26.7 Å². The Morgan fingerprint density at radius 1 is 1.18 bits per heavy atom. The molecular formula is C13H14ClN3. The van der Waals surface area contributed by atoms with Crippen molar-refractivity contribution in [3.63, 3.8) is 0 Å². The molecule has 0 aliphatic rings. The molecular weight excluding hydrogens is 234 g/mol. The second-order valence-corrected chi connectivity index (χ2v) is 4.30. The van der Waals surface area contributed by atoms with E-state index in [2.05, 4.69) is 27.9 Å². The van der Waals surface area contributed by atoms with Gasteiger partial charge in [0.05, 0.1) is 5.69 Å². The zero-order chi connectivity index (χ0) is 12.3. The van der Waals surface area contributed by atoms with Crippen molar-refractivity contribution in [2.24, 2.45) is 0 Å². The average Bonchev–Trinajstić information content (AvgIpc) is 2.28. The molecule has 0 atom stereocenters. The molecule has 2 aromatic heterocycles. The average molecular weight is 248 g/mol. The van der Waals surface area contributed by atoms with Crippen LogP contribution in [0.4, 0.5) is 0 Å². The normalized spacial score (nSPS) is 10.5. The highest BCUT2D eigenvalue weighted by molar-refractivity contribution is 6.29. The van der Waals surface area contributed by atoms with Gasteiger partial charge in [-0.25, -0.2) is 9.97 Å². The molecule has 2 heterocycles. The maximum Gasteiger partial charge on any atom is 0.133 e. The smallest absolute Gasteiger partial charge is 0.133 e. The highest BCUT2D eigenvalue weighted by Crippen LogP contribution is 2.11. The predicted molar refractivity (Wildman–Crippen MR) is 68.2 cm³/mol. The molecule has 2 aromatic rings. The summed E-state index contributed by atoms with van der Waals surface area (Å²) in [6.45, 7) is 3.95. The van der Waals surface area contributed by atoms with E-state index in [1.807, 2.05) is 19.2 Å². The third-order valence-electron chi connectivity index (χ3n) is 2.52. The predicted octanol–water partition coefficient (Wildman–Crippen LogP) is 2.99. The third kappa shape index (κ3) is 3.24. The number of aromatic nitrogens is 3. The molecule has 0 radical (unpaired) electrons. The molecule has 3 nitrogen and oxygen atoms in total. The van der Waals surface area contributed by atoms with E-state index in [4.69, 9.17) is 11.6 Å². The van der Waals surface area contributed by atoms with Crippen LogP contribution in [0.15, 0.2) is 24.4 Å². The minimum atomic E-state index is 0.484. The minimum Gasteiger partial charge on any atom is -0.261 e. The lowest BCUT2D eigenvalue weighted by Gasteiger charge is -2.03. The Hall–Kier alpha value is -1.48. The standard InChI is InChI=1S/C13H14ClN3/c1-3-10-4-5-11(15-8-10)6-12-7-13(14)17-9(2)16-12/h4-5,7-8H,3,6H2,1-2H3. The van der Waals surface area contributed by atoms with E-state index in [0.717, 1.165) is 17.8 Å². The Bertz CT molecular complexity index is 488. The van der Waals surface area contributed by atoms with Gasteiger partial charge in [-0.3, -0.25) is 4.98 Å². The van der Waals surface area contributed by atoms with Gasteiger partial charge in [0.25, 0.3) is 0 Å². The number of aryl methyl sites for hydroxylation is 2. The summed E-state index contributed by atoms with van der Waals surface area (Å²) in [4.78, 5) is 12.8. The molecule has 0 amide bonds. The lowest BCUT2D eigenvalue weighted by Crippen LogP contribution is -1.99. The topological polar surface area (TPSA) is 38.7 Å². The summed E-state index contributed by atoms with van der Waals surface area (Å²) < 4.78 is 0. The van der Waals surface area contributed by atoms with Gasteiger partial charge in [-0.15, -0.1) is 0 Å². The monoisotopic (exact) mass is 247 g/mol. The summed E-state index contributed by atoms with van der Waals surface area (Å²) in [5.41, 5.74) is 3.14. The molecule has 0 saturated heterocycles. The summed E-state index contributed by atoms with van der Waals surface area (Å²) in [7, 11) is 0. The molecule has 88 valence electrons. The van der Waals surface area contributed by atoms with Crippen LogP contribution < -0.4 is 0 Å². The van der Waals surface area contributed by atoms with Gasteiger partial charge in [-0.2, -0.15) is 0 Å². The van der Waals surface area contributed by atoms with E-state index in [1.54, 1.807) is 6.07 Å². The van der Waals surface area contributed by atoms with Crippen molar-refractivity contribution in [1.82, 2.24) is 15.0 Å². The highest BCUT2D eigenvalue weighted by Gasteiger charge is 2.02. The Balaban J connectivity index is 2.19. The fourth-order valence-electron chi connectivity index (χ4n) is 1.63. The summed E-state index contributed by atoms with van der Waals surface area (Å²) in [5.74, 6) is 0.692. The first kappa shape index (κ1) is 12.0. The molecule has 0 aliphatic heterocycles. The molecule has 2 rings (SSSR count). The van der Waals surface area contributed by atoms with Crippen LogP contribution in [0.1, 0.15) is 29.7 Å². The number of hydrogen-bond acceptors (Lipinski definition) is 3. The fourth-order valence-corrected chi connectivity index (χ4v) is 1.88. The highest BCUT2D eigenvalue weighted by atomic mass is 35.5. The number of halogens is 1. The molecule has 0 unspecified atom stereocenters. The Morgan fingerprint density at radius 3 is 2.59 bits per heavy atom. The van der Waals surface area contributed by atoms with Crippen LogP contribution in [0.25, 0.3) is 0 Å². The Morgan fingerprint density at radius 2 is 2.00 bits per heavy atom. The van der Waals surface area contributed by atoms with Crippen molar-refractivity contribution < 1.29 is 0 Å². The molecule has 17 heavy (non-hydrogen) atoms. The van der Waals surface area contributed by atoms with E-state index in [9.17, 15) is 0 Å². The molecule has 0 fully saturated rings. The van der Waals surface area contributed by atoms with Crippen LogP contribution in [0.5, 0.6) is 0 Å². The zero-order valence-corrected chi connectivity index (χ0v) is 10.7. The lowest BCUT2D eigenvalue weighted by molar-refractivity contribution is 0.940. The first-order valence-electron chi connectivity index (χ1n) is 5.61. The van der Waals surface area contributed by atoms with Crippen LogP contribution in [-0.2, 0) is 12.8 Å². The van der Waals surface area contributed by atoms with E-state index in [0.29, 0.717) is 17.4 Å². The van der Waals surface area contributed by atoms with E-state index in [1.165, 1.54) is 5.56 Å². The van der Waals surface area contributed by atoms with Crippen molar-refractivity contribution in [3.05, 3.63) is 52.3 Å². The van der Waals surface area contributed by atoms with Gasteiger partial charge in [0.15, 0.2) is 0 Å². The third-order valence-corrected chi connectivity index (χ3v) is 2.71. The summed E-state index contributed by atoms with van der Waals surface area (Å²) in [6.07, 6.45) is 3.60. The van der Waals surface area contributed by atoms with Crippen molar-refractivity contribution in [2.75, 3.05) is 0 Å². The summed E-state index contributed by atoms with van der Waals surface area (Å²) in [5, 5.41) is 0.484. The van der Waals surface area contributed by atoms with Gasteiger partial charge in [-0.1, -0.05) is 24.6 Å². The summed E-state index contributed by atoms with van der Waals surface area (Å²) >= 11 is 5.89. The molecule has 0 spiro atoms. The number of hydrogen-bond donors (Lipinski definition) is 0. The van der Waals surface area contributed by atoms with Gasteiger partial charge in [0.2, 0.25) is 0 Å². The van der Waals surface area contributed by atoms with Crippen molar-refractivity contribution >= 4 is 11.6 Å². The van der Waals surface area contributed by atoms with E-state index < -0.39 is 0 Å². The van der Waals surface area contributed by atoms with Crippen LogP contribution in [0, 0.1) is 6.92 Å². The van der Waals surface area contributed by atoms with E-state index >= 15 is 0 Å². The summed E-state index contributed by atoms with van der Waals surface area (Å²) in [6, 6.07) is 5.91. The van der Waals surface area contributed by atoms with Gasteiger partial charge in [0, 0.05) is 18.3 Å². The lowest BCUT2D eigenvalue weighted by atomic mass is 10.1. The van der Waals surface area contributed by atoms with Crippen molar-refractivity contribution in [1.29, 1.82) is 0 Å². The van der Waals surface area contributed by atoms with E-state index in [-0.39, 0.29) is 0 Å². The van der Waals surface area contributed by atoms with Crippen LogP contribution in [0.3, 0.4) is 0 Å². The van der Waals surface area contributed by atoms with Crippen LogP contribution in [-0.4, -0.2) is 15.0 Å². The quantitative estimate of drug-likeness (QED) is 0.783. The maximum atomic E-state index is 5.89. The second-order valence-electron chi connectivity index (χ2n) is 3.92. The Labute approximate surface area is 106 Å². The van der Waals surface area contributed by atoms with Gasteiger partial charge >= 0.3 is 0 Å².